The molecule has 0 fully saturated rings. The van der Waals surface area contributed by atoms with Crippen LogP contribution in [0, 0.1) is 0 Å². The largest absolute Gasteiger partial charge is 0.497 e. The minimum atomic E-state index is -4.14. The van der Waals surface area contributed by atoms with Gasteiger partial charge in [0.15, 0.2) is 0 Å². The highest BCUT2D eigenvalue weighted by atomic mass is 35.5. The van der Waals surface area contributed by atoms with Crippen molar-refractivity contribution in [2.24, 2.45) is 5.73 Å². The summed E-state index contributed by atoms with van der Waals surface area (Å²) >= 11 is 6.06. The number of primary amides is 1. The Bertz CT molecular complexity index is 1250. The van der Waals surface area contributed by atoms with Crippen molar-refractivity contribution in [2.75, 3.05) is 23.3 Å². The van der Waals surface area contributed by atoms with Crippen molar-refractivity contribution >= 4 is 44.8 Å². The van der Waals surface area contributed by atoms with Crippen molar-refractivity contribution in [3.63, 3.8) is 0 Å². The van der Waals surface area contributed by atoms with Gasteiger partial charge in [-0.25, -0.2) is 8.42 Å². The number of rotatable bonds is 8. The van der Waals surface area contributed by atoms with E-state index in [9.17, 15) is 18.0 Å². The average Bonchev–Trinajstić information content (AvgIpc) is 2.77. The van der Waals surface area contributed by atoms with E-state index in [1.807, 2.05) is 0 Å². The molecule has 0 aliphatic carbocycles. The second kappa shape index (κ2) is 9.71. The van der Waals surface area contributed by atoms with Gasteiger partial charge in [-0.3, -0.25) is 13.9 Å². The first kappa shape index (κ1) is 23.1. The van der Waals surface area contributed by atoms with E-state index in [-0.39, 0.29) is 21.8 Å². The molecule has 0 spiro atoms. The number of anilines is 2. The Labute approximate surface area is 190 Å². The van der Waals surface area contributed by atoms with E-state index in [1.54, 1.807) is 24.3 Å². The van der Waals surface area contributed by atoms with Crippen LogP contribution in [0.4, 0.5) is 11.4 Å². The maximum absolute atomic E-state index is 13.4. The molecule has 0 radical (unpaired) electrons. The zero-order valence-electron chi connectivity index (χ0n) is 17.0. The summed E-state index contributed by atoms with van der Waals surface area (Å²) in [5.74, 6) is -0.909. The van der Waals surface area contributed by atoms with Crippen LogP contribution in [0.1, 0.15) is 10.4 Å². The molecule has 3 aromatic carbocycles. The van der Waals surface area contributed by atoms with Gasteiger partial charge in [0.2, 0.25) is 5.91 Å². The first-order valence-electron chi connectivity index (χ1n) is 9.33. The van der Waals surface area contributed by atoms with Crippen molar-refractivity contribution in [1.29, 1.82) is 0 Å². The Balaban J connectivity index is 1.97. The molecule has 0 saturated heterocycles. The lowest BCUT2D eigenvalue weighted by molar-refractivity contribution is -0.114. The van der Waals surface area contributed by atoms with E-state index < -0.39 is 28.4 Å². The van der Waals surface area contributed by atoms with E-state index >= 15 is 0 Å². The maximum Gasteiger partial charge on any atom is 0.264 e. The van der Waals surface area contributed by atoms with E-state index in [1.165, 1.54) is 55.6 Å². The van der Waals surface area contributed by atoms with Crippen molar-refractivity contribution in [3.8, 4) is 5.75 Å². The molecule has 0 saturated carbocycles. The number of amides is 2. The number of sulfonamides is 1. The molecule has 2 amide bonds. The first-order valence-corrected chi connectivity index (χ1v) is 11.1. The fourth-order valence-corrected chi connectivity index (χ4v) is 4.55. The minimum Gasteiger partial charge on any atom is -0.497 e. The molecule has 8 nitrogen and oxygen atoms in total. The van der Waals surface area contributed by atoms with Gasteiger partial charge in [-0.05, 0) is 54.6 Å². The van der Waals surface area contributed by atoms with Gasteiger partial charge in [0.05, 0.1) is 28.9 Å². The van der Waals surface area contributed by atoms with Gasteiger partial charge in [0.1, 0.15) is 12.3 Å². The highest BCUT2D eigenvalue weighted by Crippen LogP contribution is 2.27. The van der Waals surface area contributed by atoms with Crippen LogP contribution >= 0.6 is 11.6 Å². The number of benzene rings is 3. The number of ether oxygens (including phenoxy) is 1. The second-order valence-corrected chi connectivity index (χ2v) is 8.92. The number of carbonyl (C=O) groups excluding carboxylic acids is 2. The molecule has 166 valence electrons. The average molecular weight is 474 g/mol. The monoisotopic (exact) mass is 473 g/mol. The van der Waals surface area contributed by atoms with Crippen LogP contribution in [0.25, 0.3) is 0 Å². The molecule has 0 unspecified atom stereocenters. The normalized spacial score (nSPS) is 10.9. The molecule has 0 aromatic heterocycles. The summed E-state index contributed by atoms with van der Waals surface area (Å²) in [5, 5.41) is 2.85. The molecule has 0 aliphatic rings. The third-order valence-electron chi connectivity index (χ3n) is 4.50. The zero-order chi connectivity index (χ0) is 23.3. The van der Waals surface area contributed by atoms with Crippen LogP contribution in [-0.2, 0) is 14.8 Å². The number of methoxy groups -OCH3 is 1. The van der Waals surface area contributed by atoms with Crippen LogP contribution < -0.4 is 20.1 Å². The number of nitrogens with one attached hydrogen (secondary N) is 1. The van der Waals surface area contributed by atoms with Gasteiger partial charge in [0, 0.05) is 5.02 Å². The number of nitrogens with two attached hydrogens (primary N) is 1. The summed E-state index contributed by atoms with van der Waals surface area (Å²) in [4.78, 5) is 24.4. The molecule has 3 rings (SSSR count). The minimum absolute atomic E-state index is 0.0383. The number of hydrogen-bond acceptors (Lipinski definition) is 5. The summed E-state index contributed by atoms with van der Waals surface area (Å²) in [6.45, 7) is -0.568. The second-order valence-electron chi connectivity index (χ2n) is 6.63. The molecular formula is C22H20ClN3O5S. The van der Waals surface area contributed by atoms with Crippen molar-refractivity contribution in [3.05, 3.63) is 83.4 Å². The van der Waals surface area contributed by atoms with Crippen molar-refractivity contribution in [2.45, 2.75) is 4.90 Å². The maximum atomic E-state index is 13.4. The molecule has 0 atom stereocenters. The summed E-state index contributed by atoms with van der Waals surface area (Å²) < 4.78 is 32.8. The van der Waals surface area contributed by atoms with E-state index in [2.05, 4.69) is 5.32 Å². The van der Waals surface area contributed by atoms with Crippen LogP contribution in [0.3, 0.4) is 0 Å². The number of para-hydroxylation sites is 1. The van der Waals surface area contributed by atoms with Gasteiger partial charge < -0.3 is 15.8 Å². The fourth-order valence-electron chi connectivity index (χ4n) is 2.95. The summed E-state index contributed by atoms with van der Waals surface area (Å²) in [5.41, 5.74) is 5.83. The van der Waals surface area contributed by atoms with E-state index in [0.717, 1.165) is 4.31 Å². The van der Waals surface area contributed by atoms with E-state index in [4.69, 9.17) is 22.1 Å². The smallest absolute Gasteiger partial charge is 0.264 e. The van der Waals surface area contributed by atoms with Gasteiger partial charge >= 0.3 is 0 Å². The topological polar surface area (TPSA) is 119 Å². The number of hydrogen-bond donors (Lipinski definition) is 2. The molecule has 0 aliphatic heterocycles. The van der Waals surface area contributed by atoms with Crippen LogP contribution in [-0.4, -0.2) is 33.9 Å². The SMILES string of the molecule is COc1ccc(S(=O)(=O)N(CC(=O)Nc2ccccc2C(N)=O)c2cccc(Cl)c2)cc1. The lowest BCUT2D eigenvalue weighted by atomic mass is 10.1. The Morgan fingerprint density at radius 2 is 1.72 bits per heavy atom. The predicted octanol–water partition coefficient (Wildman–Crippen LogP) is 3.28. The molecule has 32 heavy (non-hydrogen) atoms. The van der Waals surface area contributed by atoms with Crippen molar-refractivity contribution < 1.29 is 22.7 Å². The third kappa shape index (κ3) is 5.19. The Kier molecular flexibility index (Phi) is 7.01. The van der Waals surface area contributed by atoms with Crippen LogP contribution in [0.15, 0.2) is 77.7 Å². The molecule has 0 heterocycles. The number of halogens is 1. The molecule has 3 aromatic rings. The first-order chi connectivity index (χ1) is 15.2. The third-order valence-corrected chi connectivity index (χ3v) is 6.52. The van der Waals surface area contributed by atoms with Crippen LogP contribution in [0.5, 0.6) is 5.75 Å². The molecule has 0 bridgehead atoms. The van der Waals surface area contributed by atoms with Gasteiger partial charge in [-0.15, -0.1) is 0 Å². The Morgan fingerprint density at radius 1 is 1.03 bits per heavy atom. The number of carbonyl (C=O) groups is 2. The van der Waals surface area contributed by atoms with E-state index in [0.29, 0.717) is 10.8 Å². The Hall–Kier alpha value is -3.56. The summed E-state index contributed by atoms with van der Waals surface area (Å²) in [6, 6.07) is 18.1. The van der Waals surface area contributed by atoms with Gasteiger partial charge in [-0.1, -0.05) is 29.8 Å². The van der Waals surface area contributed by atoms with Crippen LogP contribution in [0.2, 0.25) is 5.02 Å². The molecular weight excluding hydrogens is 454 g/mol. The lowest BCUT2D eigenvalue weighted by Gasteiger charge is -2.24. The predicted molar refractivity (Wildman–Crippen MR) is 123 cm³/mol. The molecule has 10 heteroatoms. The quantitative estimate of drug-likeness (QED) is 0.520. The van der Waals surface area contributed by atoms with Gasteiger partial charge in [-0.2, -0.15) is 0 Å². The highest BCUT2D eigenvalue weighted by Gasteiger charge is 2.28. The lowest BCUT2D eigenvalue weighted by Crippen LogP contribution is -2.38. The zero-order valence-corrected chi connectivity index (χ0v) is 18.6. The number of nitrogens with zero attached hydrogens (tertiary/aromatic N) is 1. The standard InChI is InChI=1S/C22H20ClN3O5S/c1-31-17-9-11-18(12-10-17)32(29,30)26(16-6-4-5-15(23)13-16)14-21(27)25-20-8-3-2-7-19(20)22(24)28/h2-13H,14H2,1H3,(H2,24,28)(H,25,27). The highest BCUT2D eigenvalue weighted by molar-refractivity contribution is 7.92. The summed E-state index contributed by atoms with van der Waals surface area (Å²) in [7, 11) is -2.67. The Morgan fingerprint density at radius 3 is 2.34 bits per heavy atom. The molecule has 3 N–H and O–H groups in total. The summed E-state index contributed by atoms with van der Waals surface area (Å²) in [6.07, 6.45) is 0. The van der Waals surface area contributed by atoms with Gasteiger partial charge in [0.25, 0.3) is 15.9 Å². The fraction of sp³-hybridized carbons (Fsp3) is 0.0909. The van der Waals surface area contributed by atoms with Crippen molar-refractivity contribution in [1.82, 2.24) is 0 Å².